The Balaban J connectivity index is 1.79. The van der Waals surface area contributed by atoms with Gasteiger partial charge in [0.05, 0.1) is 11.0 Å². The first-order valence-corrected chi connectivity index (χ1v) is 12.7. The molecule has 2 aromatic rings. The van der Waals surface area contributed by atoms with Crippen LogP contribution in [0.15, 0.2) is 40.2 Å². The smallest absolute Gasteiger partial charge is 0.444 e. The molecule has 1 saturated heterocycles. The van der Waals surface area contributed by atoms with Crippen LogP contribution in [0.25, 0.3) is 10.8 Å². The van der Waals surface area contributed by atoms with Crippen LogP contribution in [0.2, 0.25) is 0 Å². The third-order valence-corrected chi connectivity index (χ3v) is 7.04. The number of nitrogens with zero attached hydrogens (tertiary/aromatic N) is 2. The number of hydrogen-bond acceptors (Lipinski definition) is 8. The molecule has 1 unspecified atom stereocenters. The van der Waals surface area contributed by atoms with Crippen molar-refractivity contribution >= 4 is 33.0 Å². The maximum Gasteiger partial charge on any atom is 0.510 e. The number of rotatable bonds is 6. The highest BCUT2D eigenvalue weighted by Crippen LogP contribution is 2.27. The topological polar surface area (TPSA) is 133 Å². The molecule has 0 bridgehead atoms. The zero-order chi connectivity index (χ0) is 26.0. The van der Waals surface area contributed by atoms with Gasteiger partial charge < -0.3 is 19.5 Å². The molecule has 1 aromatic heterocycles. The molecule has 0 spiro atoms. The highest BCUT2D eigenvalue weighted by Gasteiger charge is 2.35. The van der Waals surface area contributed by atoms with E-state index in [0.717, 1.165) is 4.57 Å². The lowest BCUT2D eigenvalue weighted by Gasteiger charge is -2.22. The minimum atomic E-state index is -3.95. The lowest BCUT2D eigenvalue weighted by atomic mass is 10.2. The molecule has 1 aliphatic heterocycles. The minimum Gasteiger partial charge on any atom is -0.444 e. The van der Waals surface area contributed by atoms with Crippen LogP contribution in [0.5, 0.6) is 0 Å². The van der Waals surface area contributed by atoms with E-state index in [0.29, 0.717) is 6.42 Å². The molecular formula is C23H31N3O8S. The number of ether oxygens (including phenoxy) is 3. The molecule has 0 saturated carbocycles. The number of alkyl carbamates (subject to hydrolysis) is 1. The summed E-state index contributed by atoms with van der Waals surface area (Å²) in [5.41, 5.74) is -1.17. The SMILES string of the molecule is CC(C)OC(=O)OCn1ccc2c(S(=O)(=O)N3CCC(NC(=O)OC(C)(C)C)C3)cccc2c1=O. The monoisotopic (exact) mass is 509 g/mol. The van der Waals surface area contributed by atoms with Crippen LogP contribution in [-0.4, -0.2) is 60.4 Å². The average molecular weight is 510 g/mol. The standard InChI is InChI=1S/C23H31N3O8S/c1-15(2)33-22(29)32-14-25-11-10-17-18(20(25)27)7-6-8-19(17)35(30,31)26-12-9-16(13-26)24-21(28)34-23(3,4)5/h6-8,10-11,15-16H,9,12-14H2,1-5H3,(H,24,28). The molecule has 0 aliphatic carbocycles. The van der Waals surface area contributed by atoms with E-state index in [4.69, 9.17) is 14.2 Å². The zero-order valence-electron chi connectivity index (χ0n) is 20.4. The van der Waals surface area contributed by atoms with Gasteiger partial charge >= 0.3 is 12.2 Å². The van der Waals surface area contributed by atoms with Crippen LogP contribution >= 0.6 is 0 Å². The number of aromatic nitrogens is 1. The van der Waals surface area contributed by atoms with Gasteiger partial charge in [-0.15, -0.1) is 0 Å². The summed E-state index contributed by atoms with van der Waals surface area (Å²) >= 11 is 0. The molecule has 0 radical (unpaired) electrons. The number of pyridine rings is 1. The van der Waals surface area contributed by atoms with Gasteiger partial charge in [-0.3, -0.25) is 9.36 Å². The fraction of sp³-hybridized carbons (Fsp3) is 0.522. The van der Waals surface area contributed by atoms with Crippen molar-refractivity contribution in [2.45, 2.75) is 70.4 Å². The van der Waals surface area contributed by atoms with Crippen molar-refractivity contribution in [3.63, 3.8) is 0 Å². The third kappa shape index (κ3) is 6.51. The van der Waals surface area contributed by atoms with Crippen molar-refractivity contribution in [1.29, 1.82) is 0 Å². The predicted octanol–water partition coefficient (Wildman–Crippen LogP) is 2.81. The number of fused-ring (bicyclic) bond motifs is 1. The summed E-state index contributed by atoms with van der Waals surface area (Å²) in [6, 6.07) is 5.53. The normalized spacial score (nSPS) is 16.9. The lowest BCUT2D eigenvalue weighted by molar-refractivity contribution is 0.0153. The van der Waals surface area contributed by atoms with Crippen LogP contribution in [0.3, 0.4) is 0 Å². The Morgan fingerprint density at radius 1 is 1.17 bits per heavy atom. The second kappa shape index (κ2) is 10.2. The summed E-state index contributed by atoms with van der Waals surface area (Å²) in [5, 5.41) is 3.12. The Morgan fingerprint density at radius 3 is 2.54 bits per heavy atom. The van der Waals surface area contributed by atoms with Crippen molar-refractivity contribution < 1.29 is 32.2 Å². The Labute approximate surface area is 204 Å². The van der Waals surface area contributed by atoms with Gasteiger partial charge in [-0.05, 0) is 59.2 Å². The van der Waals surface area contributed by atoms with E-state index in [9.17, 15) is 22.8 Å². The summed E-state index contributed by atoms with van der Waals surface area (Å²) < 4.78 is 44.3. The average Bonchev–Trinajstić information content (AvgIpc) is 3.20. The summed E-state index contributed by atoms with van der Waals surface area (Å²) in [7, 11) is -3.95. The van der Waals surface area contributed by atoms with Gasteiger partial charge in [-0.25, -0.2) is 18.0 Å². The predicted molar refractivity (Wildman–Crippen MR) is 127 cm³/mol. The molecule has 35 heavy (non-hydrogen) atoms. The fourth-order valence-electron chi connectivity index (χ4n) is 3.64. The number of carbonyl (C=O) groups is 2. The Morgan fingerprint density at radius 2 is 1.89 bits per heavy atom. The van der Waals surface area contributed by atoms with Gasteiger partial charge in [0.1, 0.15) is 5.60 Å². The van der Waals surface area contributed by atoms with Crippen molar-refractivity contribution in [1.82, 2.24) is 14.2 Å². The molecular weight excluding hydrogens is 478 g/mol. The van der Waals surface area contributed by atoms with Crippen molar-refractivity contribution in [2.75, 3.05) is 13.1 Å². The van der Waals surface area contributed by atoms with Crippen molar-refractivity contribution in [3.8, 4) is 0 Å². The van der Waals surface area contributed by atoms with Gasteiger partial charge in [-0.1, -0.05) is 6.07 Å². The molecule has 1 atom stereocenters. The molecule has 2 heterocycles. The number of nitrogens with one attached hydrogen (secondary N) is 1. The van der Waals surface area contributed by atoms with Gasteiger partial charge in [-0.2, -0.15) is 4.31 Å². The molecule has 1 aromatic carbocycles. The maximum atomic E-state index is 13.4. The van der Waals surface area contributed by atoms with Gasteiger partial charge in [0, 0.05) is 36.1 Å². The molecule has 1 N–H and O–H groups in total. The Kier molecular flexibility index (Phi) is 7.75. The minimum absolute atomic E-state index is 0.0164. The number of benzene rings is 1. The van der Waals surface area contributed by atoms with Gasteiger partial charge in [0.2, 0.25) is 10.0 Å². The molecule has 12 heteroatoms. The van der Waals surface area contributed by atoms with E-state index in [2.05, 4.69) is 5.32 Å². The summed E-state index contributed by atoms with van der Waals surface area (Å²) in [4.78, 5) is 36.6. The van der Waals surface area contributed by atoms with Gasteiger partial charge in [0.25, 0.3) is 5.56 Å². The first-order valence-electron chi connectivity index (χ1n) is 11.2. The fourth-order valence-corrected chi connectivity index (χ4v) is 5.35. The van der Waals surface area contributed by atoms with E-state index >= 15 is 0 Å². The number of hydrogen-bond donors (Lipinski definition) is 1. The first kappa shape index (κ1) is 26.5. The quantitative estimate of drug-likeness (QED) is 0.588. The summed E-state index contributed by atoms with van der Waals surface area (Å²) in [6.07, 6.45) is -0.0877. The molecule has 192 valence electrons. The number of carbonyl (C=O) groups excluding carboxylic acids is 2. The van der Waals surface area contributed by atoms with Crippen LogP contribution < -0.4 is 10.9 Å². The number of amides is 1. The summed E-state index contributed by atoms with van der Waals surface area (Å²) in [5.74, 6) is 0. The van der Waals surface area contributed by atoms with E-state index in [1.54, 1.807) is 34.6 Å². The molecule has 1 aliphatic rings. The van der Waals surface area contributed by atoms with E-state index in [1.807, 2.05) is 0 Å². The van der Waals surface area contributed by atoms with Crippen LogP contribution in [0.1, 0.15) is 41.0 Å². The summed E-state index contributed by atoms with van der Waals surface area (Å²) in [6.45, 7) is 8.50. The van der Waals surface area contributed by atoms with E-state index in [1.165, 1.54) is 34.8 Å². The highest BCUT2D eigenvalue weighted by atomic mass is 32.2. The van der Waals surface area contributed by atoms with Crippen LogP contribution in [0.4, 0.5) is 9.59 Å². The van der Waals surface area contributed by atoms with Crippen molar-refractivity contribution in [3.05, 3.63) is 40.8 Å². The van der Waals surface area contributed by atoms with E-state index in [-0.39, 0.29) is 41.6 Å². The Hall–Kier alpha value is -3.12. The molecule has 1 fully saturated rings. The largest absolute Gasteiger partial charge is 0.510 e. The van der Waals surface area contributed by atoms with Crippen LogP contribution in [-0.2, 0) is 31.0 Å². The highest BCUT2D eigenvalue weighted by molar-refractivity contribution is 7.89. The second-order valence-corrected chi connectivity index (χ2v) is 11.4. The molecule has 11 nitrogen and oxygen atoms in total. The van der Waals surface area contributed by atoms with E-state index < -0.39 is 39.5 Å². The number of sulfonamides is 1. The second-order valence-electron chi connectivity index (χ2n) is 9.49. The third-order valence-electron chi connectivity index (χ3n) is 5.12. The van der Waals surface area contributed by atoms with Crippen LogP contribution in [0, 0.1) is 0 Å². The maximum absolute atomic E-state index is 13.4. The van der Waals surface area contributed by atoms with Gasteiger partial charge in [0.15, 0.2) is 6.73 Å². The zero-order valence-corrected chi connectivity index (χ0v) is 21.3. The Bertz CT molecular complexity index is 1260. The molecule has 1 amide bonds. The van der Waals surface area contributed by atoms with Crippen molar-refractivity contribution in [2.24, 2.45) is 0 Å². The molecule has 3 rings (SSSR count). The lowest BCUT2D eigenvalue weighted by Crippen LogP contribution is -2.41. The first-order chi connectivity index (χ1) is 16.3.